The van der Waals surface area contributed by atoms with Gasteiger partial charge in [0.25, 0.3) is 0 Å². The lowest BCUT2D eigenvalue weighted by Crippen LogP contribution is -2.30. The molecule has 0 amide bonds. The largest absolute Gasteiger partial charge is 0.355 e. The van der Waals surface area contributed by atoms with Crippen molar-refractivity contribution < 1.29 is 8.42 Å². The molecular weight excluding hydrogens is 284 g/mol. The third kappa shape index (κ3) is 2.43. The SMILES string of the molecule is CC(C(N)c1ccc2[nH]c3ccccc3c2c1)S(C)(=O)=O. The van der Waals surface area contributed by atoms with E-state index in [4.69, 9.17) is 5.73 Å². The third-order valence-electron chi connectivity index (χ3n) is 4.10. The summed E-state index contributed by atoms with van der Waals surface area (Å²) in [6.07, 6.45) is 1.22. The van der Waals surface area contributed by atoms with Crippen molar-refractivity contribution in [2.24, 2.45) is 5.73 Å². The van der Waals surface area contributed by atoms with Crippen LogP contribution in [-0.4, -0.2) is 24.9 Å². The molecule has 110 valence electrons. The van der Waals surface area contributed by atoms with E-state index in [0.29, 0.717) is 0 Å². The quantitative estimate of drug-likeness (QED) is 0.781. The molecule has 0 saturated carbocycles. The second kappa shape index (κ2) is 4.86. The summed E-state index contributed by atoms with van der Waals surface area (Å²) < 4.78 is 23.4. The van der Waals surface area contributed by atoms with E-state index < -0.39 is 21.1 Å². The van der Waals surface area contributed by atoms with E-state index in [1.165, 1.54) is 6.26 Å². The highest BCUT2D eigenvalue weighted by atomic mass is 32.2. The molecule has 0 saturated heterocycles. The standard InChI is InChI=1S/C16H18N2O2S/c1-10(21(2,19)20)16(17)11-7-8-15-13(9-11)12-5-3-4-6-14(12)18-15/h3-10,16,18H,17H2,1-2H3. The van der Waals surface area contributed by atoms with Gasteiger partial charge in [0.1, 0.15) is 0 Å². The second-order valence-corrected chi connectivity index (χ2v) is 7.94. The predicted molar refractivity (Wildman–Crippen MR) is 87.0 cm³/mol. The van der Waals surface area contributed by atoms with Crippen molar-refractivity contribution in [1.29, 1.82) is 0 Å². The van der Waals surface area contributed by atoms with Crippen LogP contribution < -0.4 is 5.73 Å². The van der Waals surface area contributed by atoms with Gasteiger partial charge in [-0.3, -0.25) is 0 Å². The molecule has 5 heteroatoms. The van der Waals surface area contributed by atoms with E-state index >= 15 is 0 Å². The number of sulfone groups is 1. The van der Waals surface area contributed by atoms with Crippen LogP contribution in [0, 0.1) is 0 Å². The molecular formula is C16H18N2O2S. The highest BCUT2D eigenvalue weighted by molar-refractivity contribution is 7.91. The molecule has 0 fully saturated rings. The molecule has 2 aromatic carbocycles. The summed E-state index contributed by atoms with van der Waals surface area (Å²) in [5, 5.41) is 1.58. The Hall–Kier alpha value is -1.85. The number of hydrogen-bond acceptors (Lipinski definition) is 3. The number of nitrogens with two attached hydrogens (primary N) is 1. The Labute approximate surface area is 123 Å². The fraction of sp³-hybridized carbons (Fsp3) is 0.250. The van der Waals surface area contributed by atoms with E-state index in [-0.39, 0.29) is 0 Å². The maximum Gasteiger partial charge on any atom is 0.151 e. The van der Waals surface area contributed by atoms with E-state index in [2.05, 4.69) is 4.98 Å². The minimum Gasteiger partial charge on any atom is -0.355 e. The van der Waals surface area contributed by atoms with Gasteiger partial charge in [-0.1, -0.05) is 24.3 Å². The maximum absolute atomic E-state index is 11.7. The number of benzene rings is 2. The summed E-state index contributed by atoms with van der Waals surface area (Å²) in [7, 11) is -3.17. The molecule has 0 aliphatic rings. The lowest BCUT2D eigenvalue weighted by Gasteiger charge is -2.18. The van der Waals surface area contributed by atoms with Gasteiger partial charge >= 0.3 is 0 Å². The van der Waals surface area contributed by atoms with Gasteiger partial charge in [0.2, 0.25) is 0 Å². The van der Waals surface area contributed by atoms with Crippen molar-refractivity contribution in [3.63, 3.8) is 0 Å². The van der Waals surface area contributed by atoms with Crippen LogP contribution in [-0.2, 0) is 9.84 Å². The summed E-state index contributed by atoms with van der Waals surface area (Å²) in [4.78, 5) is 3.34. The van der Waals surface area contributed by atoms with E-state index in [0.717, 1.165) is 27.4 Å². The Balaban J connectivity index is 2.14. The molecule has 0 bridgehead atoms. The van der Waals surface area contributed by atoms with Gasteiger partial charge in [0.05, 0.1) is 5.25 Å². The maximum atomic E-state index is 11.7. The summed E-state index contributed by atoms with van der Waals surface area (Å²) in [5.41, 5.74) is 9.07. The molecule has 3 rings (SSSR count). The summed E-state index contributed by atoms with van der Waals surface area (Å²) in [6.45, 7) is 1.65. The van der Waals surface area contributed by atoms with Crippen LogP contribution in [0.2, 0.25) is 0 Å². The zero-order valence-electron chi connectivity index (χ0n) is 12.0. The van der Waals surface area contributed by atoms with Gasteiger partial charge < -0.3 is 10.7 Å². The molecule has 0 aliphatic heterocycles. The molecule has 2 atom stereocenters. The Morgan fingerprint density at radius 3 is 2.43 bits per heavy atom. The zero-order valence-corrected chi connectivity index (χ0v) is 12.8. The van der Waals surface area contributed by atoms with Crippen molar-refractivity contribution in [3.8, 4) is 0 Å². The Morgan fingerprint density at radius 2 is 1.71 bits per heavy atom. The van der Waals surface area contributed by atoms with Gasteiger partial charge in [-0.2, -0.15) is 0 Å². The van der Waals surface area contributed by atoms with Crippen molar-refractivity contribution >= 4 is 31.6 Å². The third-order valence-corrected chi connectivity index (χ3v) is 5.74. The molecule has 0 spiro atoms. The summed E-state index contributed by atoms with van der Waals surface area (Å²) in [6, 6.07) is 13.3. The van der Waals surface area contributed by atoms with Crippen LogP contribution in [0.15, 0.2) is 42.5 Å². The number of fused-ring (bicyclic) bond motifs is 3. The number of aromatic nitrogens is 1. The molecule has 1 heterocycles. The number of H-pyrrole nitrogens is 1. The predicted octanol–water partition coefficient (Wildman–Crippen LogP) is 2.75. The Kier molecular flexibility index (Phi) is 3.26. The van der Waals surface area contributed by atoms with Gasteiger partial charge in [0.15, 0.2) is 9.84 Å². The van der Waals surface area contributed by atoms with Crippen molar-refractivity contribution in [2.75, 3.05) is 6.26 Å². The smallest absolute Gasteiger partial charge is 0.151 e. The first kappa shape index (κ1) is 14.1. The molecule has 2 unspecified atom stereocenters. The van der Waals surface area contributed by atoms with E-state index in [1.807, 2.05) is 42.5 Å². The number of para-hydroxylation sites is 1. The normalized spacial score (nSPS) is 15.4. The molecule has 3 aromatic rings. The summed E-state index contributed by atoms with van der Waals surface area (Å²) in [5.74, 6) is 0. The van der Waals surface area contributed by atoms with Crippen molar-refractivity contribution in [2.45, 2.75) is 18.2 Å². The zero-order chi connectivity index (χ0) is 15.2. The molecule has 3 N–H and O–H groups in total. The molecule has 1 aromatic heterocycles. The first-order chi connectivity index (χ1) is 9.88. The molecule has 0 aliphatic carbocycles. The van der Waals surface area contributed by atoms with E-state index in [9.17, 15) is 8.42 Å². The van der Waals surface area contributed by atoms with Gasteiger partial charge in [0, 0.05) is 34.1 Å². The minimum atomic E-state index is -3.17. The lowest BCUT2D eigenvalue weighted by atomic mass is 10.0. The Morgan fingerprint density at radius 1 is 1.05 bits per heavy atom. The number of rotatable bonds is 3. The number of nitrogens with one attached hydrogen (secondary N) is 1. The number of aromatic amines is 1. The van der Waals surface area contributed by atoms with E-state index in [1.54, 1.807) is 6.92 Å². The van der Waals surface area contributed by atoms with Crippen LogP contribution in [0.1, 0.15) is 18.5 Å². The highest BCUT2D eigenvalue weighted by Gasteiger charge is 2.24. The Bertz CT molecular complexity index is 912. The monoisotopic (exact) mass is 302 g/mol. The average Bonchev–Trinajstić information content (AvgIpc) is 2.82. The van der Waals surface area contributed by atoms with Gasteiger partial charge in [-0.05, 0) is 30.7 Å². The van der Waals surface area contributed by atoms with Crippen LogP contribution in [0.5, 0.6) is 0 Å². The average molecular weight is 302 g/mol. The van der Waals surface area contributed by atoms with Crippen LogP contribution >= 0.6 is 0 Å². The van der Waals surface area contributed by atoms with Crippen LogP contribution in [0.4, 0.5) is 0 Å². The van der Waals surface area contributed by atoms with Gasteiger partial charge in [-0.25, -0.2) is 8.42 Å². The number of hydrogen-bond donors (Lipinski definition) is 2. The highest BCUT2D eigenvalue weighted by Crippen LogP contribution is 2.29. The molecule has 0 radical (unpaired) electrons. The first-order valence-electron chi connectivity index (χ1n) is 6.83. The fourth-order valence-corrected chi connectivity index (χ4v) is 3.30. The second-order valence-electron chi connectivity index (χ2n) is 5.54. The van der Waals surface area contributed by atoms with Crippen molar-refractivity contribution in [3.05, 3.63) is 48.0 Å². The van der Waals surface area contributed by atoms with Crippen LogP contribution in [0.3, 0.4) is 0 Å². The summed E-state index contributed by atoms with van der Waals surface area (Å²) >= 11 is 0. The minimum absolute atomic E-state index is 0.530. The lowest BCUT2D eigenvalue weighted by molar-refractivity contribution is 0.571. The fourth-order valence-electron chi connectivity index (χ4n) is 2.61. The van der Waals surface area contributed by atoms with Gasteiger partial charge in [-0.15, -0.1) is 0 Å². The first-order valence-corrected chi connectivity index (χ1v) is 8.78. The van der Waals surface area contributed by atoms with Crippen molar-refractivity contribution in [1.82, 2.24) is 4.98 Å². The molecule has 4 nitrogen and oxygen atoms in total. The topological polar surface area (TPSA) is 76.0 Å². The molecule has 21 heavy (non-hydrogen) atoms. The van der Waals surface area contributed by atoms with Crippen LogP contribution in [0.25, 0.3) is 21.8 Å².